The van der Waals surface area contributed by atoms with E-state index in [1.165, 1.54) is 11.3 Å². The first-order valence-corrected chi connectivity index (χ1v) is 6.94. The topological polar surface area (TPSA) is 29.1 Å². The second-order valence-corrected chi connectivity index (χ2v) is 4.86. The Morgan fingerprint density at radius 1 is 1.38 bits per heavy atom. The van der Waals surface area contributed by atoms with E-state index < -0.39 is 0 Å². The fourth-order valence-corrected chi connectivity index (χ4v) is 2.39. The van der Waals surface area contributed by atoms with Crippen molar-refractivity contribution in [3.8, 4) is 0 Å². The van der Waals surface area contributed by atoms with Crippen molar-refractivity contribution >= 4 is 34.7 Å². The van der Waals surface area contributed by atoms with Gasteiger partial charge in [0.15, 0.2) is 0 Å². The van der Waals surface area contributed by atoms with Crippen molar-refractivity contribution in [2.24, 2.45) is 0 Å². The normalized spacial score (nSPS) is 10.1. The number of benzene rings is 1. The van der Waals surface area contributed by atoms with Crippen molar-refractivity contribution in [3.63, 3.8) is 0 Å². The molecule has 0 aliphatic carbocycles. The number of nitrogens with one attached hydrogen (secondary N) is 1. The van der Waals surface area contributed by atoms with Crippen molar-refractivity contribution < 1.29 is 4.79 Å². The molecule has 1 heterocycles. The summed E-state index contributed by atoms with van der Waals surface area (Å²) < 4.78 is 0. The molecule has 1 amide bonds. The summed E-state index contributed by atoms with van der Waals surface area (Å²) in [4.78, 5) is 12.9. The lowest BCUT2D eigenvalue weighted by molar-refractivity contribution is 0.102. The Balaban J connectivity index is 2.12. The summed E-state index contributed by atoms with van der Waals surface area (Å²) in [6, 6.07) is 9.64. The molecule has 4 heteroatoms. The molecule has 82 valence electrons. The lowest BCUT2D eigenvalue weighted by Crippen LogP contribution is -2.10. The molecule has 0 spiro atoms. The monoisotopic (exact) mass is 249 g/mol. The summed E-state index contributed by atoms with van der Waals surface area (Å²) in [6.45, 7) is 0. The van der Waals surface area contributed by atoms with Gasteiger partial charge < -0.3 is 5.32 Å². The summed E-state index contributed by atoms with van der Waals surface area (Å²) in [7, 11) is 0. The van der Waals surface area contributed by atoms with Gasteiger partial charge >= 0.3 is 0 Å². The molecule has 0 aliphatic rings. The summed E-state index contributed by atoms with van der Waals surface area (Å²) in [5, 5.41) is 6.61. The smallest absolute Gasteiger partial charge is 0.256 e. The fraction of sp³-hybridized carbons (Fsp3) is 0.0833. The maximum Gasteiger partial charge on any atom is 0.256 e. The minimum Gasteiger partial charge on any atom is -0.322 e. The van der Waals surface area contributed by atoms with Crippen molar-refractivity contribution in [2.45, 2.75) is 4.90 Å². The van der Waals surface area contributed by atoms with E-state index in [-0.39, 0.29) is 5.91 Å². The first kappa shape index (κ1) is 11.2. The number of hydrogen-bond acceptors (Lipinski definition) is 3. The van der Waals surface area contributed by atoms with Crippen LogP contribution in [-0.2, 0) is 0 Å². The first-order chi connectivity index (χ1) is 7.79. The zero-order valence-electron chi connectivity index (χ0n) is 8.77. The second-order valence-electron chi connectivity index (χ2n) is 3.20. The molecule has 1 N–H and O–H groups in total. The molecule has 2 aromatic rings. The van der Waals surface area contributed by atoms with Crippen LogP contribution in [0.4, 0.5) is 5.69 Å². The lowest BCUT2D eigenvalue weighted by Gasteiger charge is -2.04. The number of carbonyl (C=O) groups is 1. The number of hydrogen-bond donors (Lipinski definition) is 1. The Morgan fingerprint density at radius 3 is 2.94 bits per heavy atom. The largest absolute Gasteiger partial charge is 0.322 e. The van der Waals surface area contributed by atoms with Gasteiger partial charge in [-0.3, -0.25) is 4.79 Å². The molecular formula is C12H11NOS2. The molecule has 2 rings (SSSR count). The van der Waals surface area contributed by atoms with Crippen LogP contribution in [-0.4, -0.2) is 12.2 Å². The van der Waals surface area contributed by atoms with Gasteiger partial charge in [-0.1, -0.05) is 6.07 Å². The SMILES string of the molecule is CSc1cccc(NC(=O)c2ccsc2)c1. The Hall–Kier alpha value is -1.26. The van der Waals surface area contributed by atoms with Crippen LogP contribution >= 0.6 is 23.1 Å². The molecule has 0 aliphatic heterocycles. The third-order valence-corrected chi connectivity index (χ3v) is 3.52. The number of carbonyl (C=O) groups excluding carboxylic acids is 1. The zero-order chi connectivity index (χ0) is 11.4. The van der Waals surface area contributed by atoms with Crippen LogP contribution in [0, 0.1) is 0 Å². The molecule has 0 fully saturated rings. The molecule has 0 bridgehead atoms. The number of rotatable bonds is 3. The Labute approximate surface area is 103 Å². The van der Waals surface area contributed by atoms with E-state index in [9.17, 15) is 4.79 Å². The molecule has 0 radical (unpaired) electrons. The third kappa shape index (κ3) is 2.65. The standard InChI is InChI=1S/C12H11NOS2/c1-15-11-4-2-3-10(7-11)13-12(14)9-5-6-16-8-9/h2-8H,1H3,(H,13,14). The molecular weight excluding hydrogens is 238 g/mol. The molecule has 0 unspecified atom stereocenters. The lowest BCUT2D eigenvalue weighted by atomic mass is 10.3. The average molecular weight is 249 g/mol. The minimum absolute atomic E-state index is 0.0560. The van der Waals surface area contributed by atoms with Gasteiger partial charge in [0.05, 0.1) is 5.56 Å². The molecule has 1 aromatic heterocycles. The second kappa shape index (κ2) is 5.18. The molecule has 0 saturated carbocycles. The first-order valence-electron chi connectivity index (χ1n) is 4.77. The summed E-state index contributed by atoms with van der Waals surface area (Å²) in [5.74, 6) is -0.0560. The van der Waals surface area contributed by atoms with E-state index in [4.69, 9.17) is 0 Å². The van der Waals surface area contributed by atoms with Crippen molar-refractivity contribution in [1.29, 1.82) is 0 Å². The molecule has 0 atom stereocenters. The highest BCUT2D eigenvalue weighted by Crippen LogP contribution is 2.19. The highest BCUT2D eigenvalue weighted by Gasteiger charge is 2.05. The molecule has 2 nitrogen and oxygen atoms in total. The van der Waals surface area contributed by atoms with Gasteiger partial charge in [-0.15, -0.1) is 11.8 Å². The fourth-order valence-electron chi connectivity index (χ4n) is 1.30. The van der Waals surface area contributed by atoms with E-state index >= 15 is 0 Å². The predicted octanol–water partition coefficient (Wildman–Crippen LogP) is 3.72. The average Bonchev–Trinajstić information content (AvgIpc) is 2.83. The summed E-state index contributed by atoms with van der Waals surface area (Å²) in [5.41, 5.74) is 1.54. The Morgan fingerprint density at radius 2 is 2.25 bits per heavy atom. The van der Waals surface area contributed by atoms with Gasteiger partial charge in [-0.25, -0.2) is 0 Å². The van der Waals surface area contributed by atoms with Crippen LogP contribution in [0.3, 0.4) is 0 Å². The number of anilines is 1. The Bertz CT molecular complexity index is 480. The van der Waals surface area contributed by atoms with Crippen molar-refractivity contribution in [1.82, 2.24) is 0 Å². The predicted molar refractivity (Wildman–Crippen MR) is 70.5 cm³/mol. The Kier molecular flexibility index (Phi) is 3.64. The van der Waals surface area contributed by atoms with Crippen LogP contribution < -0.4 is 5.32 Å². The van der Waals surface area contributed by atoms with Gasteiger partial charge in [-0.2, -0.15) is 11.3 Å². The highest BCUT2D eigenvalue weighted by molar-refractivity contribution is 7.98. The van der Waals surface area contributed by atoms with Gasteiger partial charge in [-0.05, 0) is 35.9 Å². The van der Waals surface area contributed by atoms with E-state index in [0.717, 1.165) is 10.6 Å². The maximum absolute atomic E-state index is 11.8. The third-order valence-electron chi connectivity index (χ3n) is 2.11. The maximum atomic E-state index is 11.8. The van der Waals surface area contributed by atoms with Gasteiger partial charge in [0.1, 0.15) is 0 Å². The summed E-state index contributed by atoms with van der Waals surface area (Å²) in [6.07, 6.45) is 2.01. The van der Waals surface area contributed by atoms with E-state index in [0.29, 0.717) is 5.56 Å². The van der Waals surface area contributed by atoms with Crippen LogP contribution in [0.15, 0.2) is 46.0 Å². The van der Waals surface area contributed by atoms with Gasteiger partial charge in [0.25, 0.3) is 5.91 Å². The van der Waals surface area contributed by atoms with E-state index in [1.54, 1.807) is 11.8 Å². The van der Waals surface area contributed by atoms with Crippen LogP contribution in [0.1, 0.15) is 10.4 Å². The minimum atomic E-state index is -0.0560. The van der Waals surface area contributed by atoms with Crippen molar-refractivity contribution in [3.05, 3.63) is 46.7 Å². The van der Waals surface area contributed by atoms with E-state index in [2.05, 4.69) is 5.32 Å². The van der Waals surface area contributed by atoms with Crippen molar-refractivity contribution in [2.75, 3.05) is 11.6 Å². The zero-order valence-corrected chi connectivity index (χ0v) is 10.4. The quantitative estimate of drug-likeness (QED) is 0.840. The molecule has 16 heavy (non-hydrogen) atoms. The molecule has 0 saturated heterocycles. The molecule has 1 aromatic carbocycles. The van der Waals surface area contributed by atoms with E-state index in [1.807, 2.05) is 47.3 Å². The summed E-state index contributed by atoms with van der Waals surface area (Å²) >= 11 is 3.18. The number of thiophene rings is 1. The van der Waals surface area contributed by atoms with Crippen LogP contribution in [0.2, 0.25) is 0 Å². The number of thioether (sulfide) groups is 1. The van der Waals surface area contributed by atoms with Gasteiger partial charge in [0, 0.05) is 16.0 Å². The highest BCUT2D eigenvalue weighted by atomic mass is 32.2. The van der Waals surface area contributed by atoms with Crippen LogP contribution in [0.25, 0.3) is 0 Å². The number of amides is 1. The van der Waals surface area contributed by atoms with Gasteiger partial charge in [0.2, 0.25) is 0 Å². The van der Waals surface area contributed by atoms with Crippen LogP contribution in [0.5, 0.6) is 0 Å².